The van der Waals surface area contributed by atoms with Gasteiger partial charge in [-0.15, -0.1) is 0 Å². The zero-order valence-corrected chi connectivity index (χ0v) is 22.1. The van der Waals surface area contributed by atoms with Gasteiger partial charge in [0.15, 0.2) is 0 Å². The largest absolute Gasteiger partial charge is 0.488 e. The standard InChI is InChI=1S/C32H34N2O4/c1-4-37-32(36)23(2)20-27-21-34(24(3)31(35)33-19-18-25-12-7-5-8-13-25)28-16-11-17-29(30(27)28)38-22-26-14-9-6-10-15-26/h5-17,20-21,24H,4,18-19,22H2,1-3H3,(H,33,35). The minimum absolute atomic E-state index is 0.0777. The fraction of sp³-hybridized carbons (Fsp3) is 0.250. The molecule has 4 aromatic rings. The van der Waals surface area contributed by atoms with Crippen LogP contribution in [0.1, 0.15) is 43.5 Å². The molecule has 3 aromatic carbocycles. The molecule has 6 heteroatoms. The number of hydrogen-bond donors (Lipinski definition) is 1. The highest BCUT2D eigenvalue weighted by molar-refractivity contribution is 6.00. The summed E-state index contributed by atoms with van der Waals surface area (Å²) in [6.45, 7) is 6.64. The predicted molar refractivity (Wildman–Crippen MR) is 151 cm³/mol. The molecule has 0 fully saturated rings. The number of nitrogens with zero attached hydrogens (tertiary/aromatic N) is 1. The predicted octanol–water partition coefficient (Wildman–Crippen LogP) is 6.11. The van der Waals surface area contributed by atoms with Crippen molar-refractivity contribution in [2.45, 2.75) is 39.8 Å². The van der Waals surface area contributed by atoms with Crippen LogP contribution in [0.25, 0.3) is 17.0 Å². The molecule has 1 aromatic heterocycles. The molecule has 1 N–H and O–H groups in total. The fourth-order valence-corrected chi connectivity index (χ4v) is 4.38. The van der Waals surface area contributed by atoms with Gasteiger partial charge in [-0.25, -0.2) is 4.79 Å². The monoisotopic (exact) mass is 510 g/mol. The Hall–Kier alpha value is -4.32. The summed E-state index contributed by atoms with van der Waals surface area (Å²) in [5, 5.41) is 3.90. The molecule has 0 aliphatic carbocycles. The van der Waals surface area contributed by atoms with Gasteiger partial charge in [-0.05, 0) is 56.5 Å². The molecule has 0 saturated heterocycles. The molecule has 1 unspecified atom stereocenters. The van der Waals surface area contributed by atoms with Crippen molar-refractivity contribution >= 4 is 28.9 Å². The number of nitrogens with one attached hydrogen (secondary N) is 1. The van der Waals surface area contributed by atoms with E-state index in [1.165, 1.54) is 5.56 Å². The normalized spacial score (nSPS) is 12.2. The minimum Gasteiger partial charge on any atom is -0.488 e. The van der Waals surface area contributed by atoms with E-state index in [9.17, 15) is 9.59 Å². The summed E-state index contributed by atoms with van der Waals surface area (Å²) in [5.41, 5.74) is 4.34. The molecule has 0 aliphatic rings. The SMILES string of the molecule is CCOC(=O)C(C)=Cc1cn(C(C)C(=O)NCCc2ccccc2)c2cccc(OCc3ccccc3)c12. The molecule has 6 nitrogen and oxygen atoms in total. The number of ether oxygens (including phenoxy) is 2. The summed E-state index contributed by atoms with van der Waals surface area (Å²) < 4.78 is 13.4. The van der Waals surface area contributed by atoms with Crippen molar-refractivity contribution in [1.82, 2.24) is 9.88 Å². The van der Waals surface area contributed by atoms with Crippen LogP contribution >= 0.6 is 0 Å². The first-order valence-corrected chi connectivity index (χ1v) is 12.9. The highest BCUT2D eigenvalue weighted by atomic mass is 16.5. The summed E-state index contributed by atoms with van der Waals surface area (Å²) in [6.07, 6.45) is 4.46. The highest BCUT2D eigenvalue weighted by Crippen LogP contribution is 2.34. The second-order valence-corrected chi connectivity index (χ2v) is 9.17. The Bertz CT molecular complexity index is 1410. The number of rotatable bonds is 11. The van der Waals surface area contributed by atoms with Gasteiger partial charge in [0.2, 0.25) is 5.91 Å². The van der Waals surface area contributed by atoms with Gasteiger partial charge in [-0.1, -0.05) is 66.7 Å². The average molecular weight is 511 g/mol. The van der Waals surface area contributed by atoms with Gasteiger partial charge in [-0.3, -0.25) is 4.79 Å². The van der Waals surface area contributed by atoms with Gasteiger partial charge in [0.1, 0.15) is 18.4 Å². The van der Waals surface area contributed by atoms with E-state index in [-0.39, 0.29) is 11.9 Å². The van der Waals surface area contributed by atoms with Crippen LogP contribution in [-0.2, 0) is 27.4 Å². The van der Waals surface area contributed by atoms with Crippen LogP contribution in [0.5, 0.6) is 5.75 Å². The number of carbonyl (C=O) groups excluding carboxylic acids is 2. The van der Waals surface area contributed by atoms with Crippen molar-refractivity contribution in [3.05, 3.63) is 107 Å². The van der Waals surface area contributed by atoms with Crippen LogP contribution in [0.2, 0.25) is 0 Å². The van der Waals surface area contributed by atoms with E-state index in [0.29, 0.717) is 31.1 Å². The number of fused-ring (bicyclic) bond motifs is 1. The van der Waals surface area contributed by atoms with E-state index in [1.54, 1.807) is 19.9 Å². The number of benzene rings is 3. The fourth-order valence-electron chi connectivity index (χ4n) is 4.38. The Morgan fingerprint density at radius 1 is 0.947 bits per heavy atom. The third-order valence-electron chi connectivity index (χ3n) is 6.41. The number of esters is 1. The van der Waals surface area contributed by atoms with Crippen molar-refractivity contribution in [1.29, 1.82) is 0 Å². The molecule has 0 radical (unpaired) electrons. The summed E-state index contributed by atoms with van der Waals surface area (Å²) in [4.78, 5) is 25.5. The van der Waals surface area contributed by atoms with Gasteiger partial charge in [0.25, 0.3) is 0 Å². The highest BCUT2D eigenvalue weighted by Gasteiger charge is 2.21. The lowest BCUT2D eigenvalue weighted by Crippen LogP contribution is -2.32. The van der Waals surface area contributed by atoms with Crippen LogP contribution in [0, 0.1) is 0 Å². The molecule has 196 valence electrons. The van der Waals surface area contributed by atoms with Crippen molar-refractivity contribution < 1.29 is 19.1 Å². The maximum Gasteiger partial charge on any atom is 0.333 e. The number of carbonyl (C=O) groups is 2. The third-order valence-corrected chi connectivity index (χ3v) is 6.41. The van der Waals surface area contributed by atoms with Crippen molar-refractivity contribution in [2.24, 2.45) is 0 Å². The van der Waals surface area contributed by atoms with E-state index in [1.807, 2.05) is 84.4 Å². The molecule has 0 spiro atoms. The summed E-state index contributed by atoms with van der Waals surface area (Å²) in [5.74, 6) is 0.235. The summed E-state index contributed by atoms with van der Waals surface area (Å²) >= 11 is 0. The first kappa shape index (κ1) is 26.7. The van der Waals surface area contributed by atoms with Crippen LogP contribution in [-0.4, -0.2) is 29.6 Å². The summed E-state index contributed by atoms with van der Waals surface area (Å²) in [6, 6.07) is 25.4. The molecule has 1 amide bonds. The lowest BCUT2D eigenvalue weighted by Gasteiger charge is -2.16. The molecular weight excluding hydrogens is 476 g/mol. The Morgan fingerprint density at radius 3 is 2.32 bits per heavy atom. The molecule has 4 rings (SSSR count). The Kier molecular flexibility index (Phi) is 8.98. The topological polar surface area (TPSA) is 69.6 Å². The Balaban J connectivity index is 1.64. The van der Waals surface area contributed by atoms with Crippen LogP contribution < -0.4 is 10.1 Å². The van der Waals surface area contributed by atoms with Crippen molar-refractivity contribution in [2.75, 3.05) is 13.2 Å². The van der Waals surface area contributed by atoms with Crippen molar-refractivity contribution in [3.8, 4) is 5.75 Å². The second-order valence-electron chi connectivity index (χ2n) is 9.17. The molecule has 0 saturated carbocycles. The zero-order valence-electron chi connectivity index (χ0n) is 22.1. The molecule has 1 heterocycles. The van der Waals surface area contributed by atoms with Gasteiger partial charge in [-0.2, -0.15) is 0 Å². The molecular formula is C32H34N2O4. The first-order valence-electron chi connectivity index (χ1n) is 12.9. The van der Waals surface area contributed by atoms with Gasteiger partial charge in [0, 0.05) is 29.3 Å². The Labute approximate surface area is 223 Å². The van der Waals surface area contributed by atoms with E-state index < -0.39 is 6.04 Å². The third kappa shape index (κ3) is 6.51. The van der Waals surface area contributed by atoms with Crippen LogP contribution in [0.3, 0.4) is 0 Å². The maximum atomic E-state index is 13.1. The number of amides is 1. The number of hydrogen-bond acceptors (Lipinski definition) is 4. The van der Waals surface area contributed by atoms with E-state index >= 15 is 0 Å². The minimum atomic E-state index is -0.470. The maximum absolute atomic E-state index is 13.1. The molecule has 38 heavy (non-hydrogen) atoms. The second kappa shape index (κ2) is 12.8. The lowest BCUT2D eigenvalue weighted by atomic mass is 10.1. The molecule has 0 bridgehead atoms. The zero-order chi connectivity index (χ0) is 26.9. The molecule has 0 aliphatic heterocycles. The Morgan fingerprint density at radius 2 is 1.63 bits per heavy atom. The molecule has 1 atom stereocenters. The van der Waals surface area contributed by atoms with Crippen LogP contribution in [0.15, 0.2) is 90.6 Å². The smallest absolute Gasteiger partial charge is 0.333 e. The lowest BCUT2D eigenvalue weighted by molar-refractivity contribution is -0.138. The van der Waals surface area contributed by atoms with Gasteiger partial charge in [0.05, 0.1) is 12.1 Å². The van der Waals surface area contributed by atoms with E-state index in [2.05, 4.69) is 17.4 Å². The first-order chi connectivity index (χ1) is 18.5. The quantitative estimate of drug-likeness (QED) is 0.195. The van der Waals surface area contributed by atoms with E-state index in [0.717, 1.165) is 28.5 Å². The number of aromatic nitrogens is 1. The van der Waals surface area contributed by atoms with Gasteiger partial charge >= 0.3 is 5.97 Å². The van der Waals surface area contributed by atoms with E-state index in [4.69, 9.17) is 9.47 Å². The average Bonchev–Trinajstić information content (AvgIpc) is 3.31. The van der Waals surface area contributed by atoms with Gasteiger partial charge < -0.3 is 19.4 Å². The van der Waals surface area contributed by atoms with Crippen molar-refractivity contribution in [3.63, 3.8) is 0 Å². The summed E-state index contributed by atoms with van der Waals surface area (Å²) in [7, 11) is 0. The van der Waals surface area contributed by atoms with Crippen LogP contribution in [0.4, 0.5) is 0 Å².